The fraction of sp³-hybridized carbons (Fsp3) is 0.133. The second-order valence-corrected chi connectivity index (χ2v) is 4.71. The van der Waals surface area contributed by atoms with Gasteiger partial charge in [0.2, 0.25) is 5.71 Å². The Morgan fingerprint density at radius 1 is 0.944 bits per heavy atom. The highest BCUT2D eigenvalue weighted by atomic mass is 32.2. The van der Waals surface area contributed by atoms with Crippen LogP contribution in [0.4, 0.5) is 0 Å². The van der Waals surface area contributed by atoms with Crippen LogP contribution in [0.2, 0.25) is 0 Å². The molecule has 0 amide bonds. The zero-order valence-electron chi connectivity index (χ0n) is 10.2. The average molecular weight is 257 g/mol. The van der Waals surface area contributed by atoms with Crippen molar-refractivity contribution in [1.82, 2.24) is 0 Å². The van der Waals surface area contributed by atoms with Crippen molar-refractivity contribution in [3.05, 3.63) is 77.0 Å². The highest BCUT2D eigenvalue weighted by molar-refractivity contribution is 7.98. The first-order chi connectivity index (χ1) is 8.83. The van der Waals surface area contributed by atoms with Crippen molar-refractivity contribution < 1.29 is 4.74 Å². The summed E-state index contributed by atoms with van der Waals surface area (Å²) >= 11 is 1.52. The molecule has 0 atom stereocenters. The largest absolute Gasteiger partial charge is 0.623 e. The van der Waals surface area contributed by atoms with E-state index >= 15 is 0 Å². The van der Waals surface area contributed by atoms with Crippen LogP contribution in [0.25, 0.3) is 0 Å². The van der Waals surface area contributed by atoms with E-state index < -0.39 is 0 Å². The topological polar surface area (TPSA) is 26.1 Å². The summed E-state index contributed by atoms with van der Waals surface area (Å²) in [5, 5.41) is 12.2. The summed E-state index contributed by atoms with van der Waals surface area (Å²) in [6, 6.07) is 19.6. The first-order valence-corrected chi connectivity index (χ1v) is 7.13. The van der Waals surface area contributed by atoms with E-state index in [4.69, 9.17) is 0 Å². The molecule has 18 heavy (non-hydrogen) atoms. The van der Waals surface area contributed by atoms with E-state index in [1.807, 2.05) is 66.9 Å². The SMILES string of the molecule is CSC[N+]([O-])=C(c1ccccc1)c1ccccc1. The third-order valence-electron chi connectivity index (χ3n) is 2.59. The Morgan fingerprint density at radius 2 is 1.39 bits per heavy atom. The Kier molecular flexibility index (Phi) is 4.42. The lowest BCUT2D eigenvalue weighted by Crippen LogP contribution is -2.18. The molecule has 2 nitrogen and oxygen atoms in total. The van der Waals surface area contributed by atoms with Crippen LogP contribution < -0.4 is 0 Å². The third kappa shape index (κ3) is 2.93. The molecule has 0 aliphatic rings. The Balaban J connectivity index is 2.52. The number of thioether (sulfide) groups is 1. The summed E-state index contributed by atoms with van der Waals surface area (Å²) in [6.45, 7) is 0. The molecule has 0 spiro atoms. The predicted molar refractivity (Wildman–Crippen MR) is 78.1 cm³/mol. The maximum absolute atomic E-state index is 12.2. The van der Waals surface area contributed by atoms with Gasteiger partial charge in [0, 0.05) is 11.1 Å². The van der Waals surface area contributed by atoms with Gasteiger partial charge in [-0.15, -0.1) is 0 Å². The van der Waals surface area contributed by atoms with Gasteiger partial charge < -0.3 is 5.21 Å². The number of hydrogen-bond donors (Lipinski definition) is 0. The highest BCUT2D eigenvalue weighted by Crippen LogP contribution is 2.11. The maximum atomic E-state index is 12.2. The number of nitrogens with zero attached hydrogens (tertiary/aromatic N) is 1. The molecule has 3 heteroatoms. The minimum Gasteiger partial charge on any atom is -0.623 e. The molecule has 2 aromatic carbocycles. The molecule has 0 saturated carbocycles. The highest BCUT2D eigenvalue weighted by Gasteiger charge is 2.14. The Morgan fingerprint density at radius 3 is 1.78 bits per heavy atom. The second-order valence-electron chi connectivity index (χ2n) is 3.88. The predicted octanol–water partition coefficient (Wildman–Crippen LogP) is 3.35. The minimum absolute atomic E-state index is 0.430. The quantitative estimate of drug-likeness (QED) is 0.276. The van der Waals surface area contributed by atoms with Gasteiger partial charge in [-0.1, -0.05) is 48.2 Å². The average Bonchev–Trinajstić information content (AvgIpc) is 2.42. The molecule has 0 aliphatic carbocycles. The van der Waals surface area contributed by atoms with Gasteiger partial charge in [0.05, 0.1) is 0 Å². The first-order valence-electron chi connectivity index (χ1n) is 5.74. The summed E-state index contributed by atoms with van der Waals surface area (Å²) < 4.78 is 1.05. The van der Waals surface area contributed by atoms with Gasteiger partial charge >= 0.3 is 0 Å². The molecule has 0 bridgehead atoms. The maximum Gasteiger partial charge on any atom is 0.226 e. The van der Waals surface area contributed by atoms with Crippen molar-refractivity contribution in [2.24, 2.45) is 0 Å². The fourth-order valence-electron chi connectivity index (χ4n) is 1.83. The van der Waals surface area contributed by atoms with Crippen LogP contribution in [0.5, 0.6) is 0 Å². The number of hydroxylamine groups is 1. The number of hydrogen-bond acceptors (Lipinski definition) is 2. The Bertz CT molecular complexity index is 481. The van der Waals surface area contributed by atoms with Gasteiger partial charge in [-0.25, -0.2) is 0 Å². The fourth-order valence-corrected chi connectivity index (χ4v) is 2.19. The summed E-state index contributed by atoms with van der Waals surface area (Å²) in [5.41, 5.74) is 2.63. The monoisotopic (exact) mass is 257 g/mol. The molecule has 0 fully saturated rings. The molecule has 0 aliphatic heterocycles. The van der Waals surface area contributed by atoms with Crippen LogP contribution in [-0.4, -0.2) is 22.6 Å². The van der Waals surface area contributed by atoms with Crippen molar-refractivity contribution in [3.8, 4) is 0 Å². The Labute approximate surface area is 112 Å². The van der Waals surface area contributed by atoms with Gasteiger partial charge in [0.15, 0.2) is 5.88 Å². The van der Waals surface area contributed by atoms with Crippen LogP contribution in [0.1, 0.15) is 11.1 Å². The van der Waals surface area contributed by atoms with Crippen LogP contribution in [0, 0.1) is 5.21 Å². The summed E-state index contributed by atoms with van der Waals surface area (Å²) in [4.78, 5) is 0. The van der Waals surface area contributed by atoms with Crippen molar-refractivity contribution in [3.63, 3.8) is 0 Å². The molecule has 0 radical (unpaired) electrons. The van der Waals surface area contributed by atoms with Gasteiger partial charge in [0.1, 0.15) is 0 Å². The Hall–Kier alpha value is -1.74. The van der Waals surface area contributed by atoms with E-state index in [1.54, 1.807) is 0 Å². The summed E-state index contributed by atoms with van der Waals surface area (Å²) in [5.74, 6) is 0.430. The zero-order chi connectivity index (χ0) is 12.8. The van der Waals surface area contributed by atoms with Crippen LogP contribution in [0.3, 0.4) is 0 Å². The third-order valence-corrected chi connectivity index (χ3v) is 3.08. The van der Waals surface area contributed by atoms with Gasteiger partial charge in [-0.05, 0) is 30.5 Å². The van der Waals surface area contributed by atoms with Crippen molar-refractivity contribution >= 4 is 17.5 Å². The van der Waals surface area contributed by atoms with E-state index in [2.05, 4.69) is 0 Å². The second kappa shape index (κ2) is 6.26. The molecule has 0 N–H and O–H groups in total. The standard InChI is InChI=1S/C15H15NOS/c1-18-12-16(17)15(13-8-4-2-5-9-13)14-10-6-3-7-11-14/h2-11H,12H2,1H3. The number of rotatable bonds is 4. The lowest BCUT2D eigenvalue weighted by molar-refractivity contribution is -0.432. The van der Waals surface area contributed by atoms with Crippen molar-refractivity contribution in [2.75, 3.05) is 12.1 Å². The molecule has 0 aromatic heterocycles. The lowest BCUT2D eigenvalue weighted by atomic mass is 10.0. The molecular weight excluding hydrogens is 242 g/mol. The minimum atomic E-state index is 0.430. The van der Waals surface area contributed by atoms with E-state index in [0.717, 1.165) is 21.6 Å². The van der Waals surface area contributed by atoms with E-state index in [9.17, 15) is 5.21 Å². The molecule has 0 unspecified atom stereocenters. The van der Waals surface area contributed by atoms with Crippen molar-refractivity contribution in [1.29, 1.82) is 0 Å². The van der Waals surface area contributed by atoms with Crippen LogP contribution >= 0.6 is 11.8 Å². The van der Waals surface area contributed by atoms with E-state index in [1.165, 1.54) is 11.8 Å². The summed E-state index contributed by atoms with van der Waals surface area (Å²) in [7, 11) is 0. The molecule has 92 valence electrons. The number of benzene rings is 2. The zero-order valence-corrected chi connectivity index (χ0v) is 11.1. The van der Waals surface area contributed by atoms with Gasteiger partial charge in [0.25, 0.3) is 0 Å². The molecular formula is C15H15NOS. The first kappa shape index (κ1) is 12.7. The van der Waals surface area contributed by atoms with Gasteiger partial charge in [-0.3, -0.25) is 0 Å². The molecule has 2 aromatic rings. The smallest absolute Gasteiger partial charge is 0.226 e. The molecule has 2 rings (SSSR count). The van der Waals surface area contributed by atoms with Gasteiger partial charge in [-0.2, -0.15) is 4.74 Å². The lowest BCUT2D eigenvalue weighted by Gasteiger charge is -2.10. The van der Waals surface area contributed by atoms with Crippen molar-refractivity contribution in [2.45, 2.75) is 0 Å². The van der Waals surface area contributed by atoms with E-state index in [-0.39, 0.29) is 0 Å². The summed E-state index contributed by atoms with van der Waals surface area (Å²) in [6.07, 6.45) is 1.93. The van der Waals surface area contributed by atoms with Crippen LogP contribution in [0.15, 0.2) is 60.7 Å². The normalized spacial score (nSPS) is 10.1. The van der Waals surface area contributed by atoms with E-state index in [0.29, 0.717) is 5.88 Å². The molecule has 0 heterocycles. The van der Waals surface area contributed by atoms with Crippen LogP contribution in [-0.2, 0) is 0 Å². The molecule has 0 saturated heterocycles.